The average molecular weight is 352 g/mol. The molecule has 4 bridgehead atoms. The number of nitrogens with zero attached hydrogens (tertiary/aromatic N) is 1. The molecule has 1 aromatic carbocycles. The molecule has 140 valence electrons. The van der Waals surface area contributed by atoms with E-state index in [9.17, 15) is 4.79 Å². The van der Waals surface area contributed by atoms with E-state index in [0.29, 0.717) is 17.1 Å². The molecule has 26 heavy (non-hydrogen) atoms. The van der Waals surface area contributed by atoms with Crippen LogP contribution in [0.4, 0.5) is 0 Å². The van der Waals surface area contributed by atoms with E-state index in [2.05, 4.69) is 42.3 Å². The third-order valence-electron chi connectivity index (χ3n) is 8.35. The van der Waals surface area contributed by atoms with Gasteiger partial charge in [0.25, 0.3) is 0 Å². The summed E-state index contributed by atoms with van der Waals surface area (Å²) in [6.45, 7) is 2.34. The minimum atomic E-state index is 0.0171. The van der Waals surface area contributed by atoms with E-state index in [0.717, 1.165) is 24.7 Å². The van der Waals surface area contributed by atoms with Crippen molar-refractivity contribution in [2.24, 2.45) is 23.2 Å². The standard InChI is InChI=1S/C24H33NO/c1-25-9-7-18(8-10-25)12-22(26)24-15-19-11-20(16-24)14-23(13-19,17-24)21-5-3-2-4-6-21/h2-6,18-20H,7-17H2,1H3. The van der Waals surface area contributed by atoms with Gasteiger partial charge in [0.1, 0.15) is 5.78 Å². The van der Waals surface area contributed by atoms with Crippen LogP contribution in [0, 0.1) is 23.2 Å². The SMILES string of the molecule is CN1CCC(CC(=O)C23CC4CC(C2)CC(c2ccccc2)(C4)C3)CC1. The van der Waals surface area contributed by atoms with Gasteiger partial charge in [0, 0.05) is 11.8 Å². The predicted octanol–water partition coefficient (Wildman–Crippen LogP) is 4.83. The van der Waals surface area contributed by atoms with E-state index < -0.39 is 0 Å². The Bertz CT molecular complexity index is 659. The molecular formula is C24H33NO. The van der Waals surface area contributed by atoms with Crippen molar-refractivity contribution in [2.45, 2.75) is 63.2 Å². The van der Waals surface area contributed by atoms with Gasteiger partial charge < -0.3 is 4.90 Å². The molecule has 4 aliphatic carbocycles. The number of likely N-dealkylation sites (tertiary alicyclic amines) is 1. The number of hydrogen-bond donors (Lipinski definition) is 0. The van der Waals surface area contributed by atoms with Gasteiger partial charge in [-0.3, -0.25) is 4.79 Å². The molecule has 2 nitrogen and oxygen atoms in total. The van der Waals surface area contributed by atoms with Gasteiger partial charge >= 0.3 is 0 Å². The minimum absolute atomic E-state index is 0.0171. The lowest BCUT2D eigenvalue weighted by atomic mass is 9.42. The smallest absolute Gasteiger partial charge is 0.139 e. The van der Waals surface area contributed by atoms with E-state index in [1.54, 1.807) is 0 Å². The summed E-state index contributed by atoms with van der Waals surface area (Å²) in [4.78, 5) is 16.0. The summed E-state index contributed by atoms with van der Waals surface area (Å²) >= 11 is 0. The molecule has 5 fully saturated rings. The Kier molecular flexibility index (Phi) is 4.04. The van der Waals surface area contributed by atoms with Crippen molar-refractivity contribution >= 4 is 5.78 Å². The lowest BCUT2D eigenvalue weighted by molar-refractivity contribution is -0.148. The Morgan fingerprint density at radius 2 is 1.69 bits per heavy atom. The van der Waals surface area contributed by atoms with Crippen LogP contribution in [0.5, 0.6) is 0 Å². The fourth-order valence-electron chi connectivity index (χ4n) is 7.46. The van der Waals surface area contributed by atoms with Gasteiger partial charge in [0.15, 0.2) is 0 Å². The summed E-state index contributed by atoms with van der Waals surface area (Å²) in [5.41, 5.74) is 1.84. The lowest BCUT2D eigenvalue weighted by Gasteiger charge is -2.62. The largest absolute Gasteiger partial charge is 0.306 e. The second kappa shape index (κ2) is 6.19. The van der Waals surface area contributed by atoms with Gasteiger partial charge in [0.2, 0.25) is 0 Å². The summed E-state index contributed by atoms with van der Waals surface area (Å²) in [5, 5.41) is 0. The molecule has 1 heterocycles. The highest BCUT2D eigenvalue weighted by atomic mass is 16.1. The van der Waals surface area contributed by atoms with Gasteiger partial charge in [-0.1, -0.05) is 30.3 Å². The predicted molar refractivity (Wildman–Crippen MR) is 105 cm³/mol. The zero-order valence-electron chi connectivity index (χ0n) is 16.3. The number of rotatable bonds is 4. The van der Waals surface area contributed by atoms with Crippen LogP contribution in [-0.4, -0.2) is 30.8 Å². The van der Waals surface area contributed by atoms with Gasteiger partial charge in [-0.05, 0) is 100 Å². The molecule has 6 rings (SSSR count). The summed E-state index contributed by atoms with van der Waals surface area (Å²) in [5.74, 6) is 2.86. The topological polar surface area (TPSA) is 20.3 Å². The van der Waals surface area contributed by atoms with E-state index in [-0.39, 0.29) is 5.41 Å². The van der Waals surface area contributed by atoms with E-state index >= 15 is 0 Å². The Morgan fingerprint density at radius 3 is 2.35 bits per heavy atom. The Hall–Kier alpha value is -1.15. The summed E-state index contributed by atoms with van der Waals surface area (Å²) < 4.78 is 0. The number of ketones is 1. The maximum absolute atomic E-state index is 13.6. The van der Waals surface area contributed by atoms with Crippen molar-refractivity contribution in [1.82, 2.24) is 4.90 Å². The number of benzene rings is 1. The van der Waals surface area contributed by atoms with Crippen LogP contribution in [-0.2, 0) is 10.2 Å². The molecular weight excluding hydrogens is 318 g/mol. The molecule has 0 amide bonds. The van der Waals surface area contributed by atoms with E-state index in [4.69, 9.17) is 0 Å². The van der Waals surface area contributed by atoms with Crippen molar-refractivity contribution in [3.63, 3.8) is 0 Å². The average Bonchev–Trinajstić information content (AvgIpc) is 2.63. The minimum Gasteiger partial charge on any atom is -0.306 e. The molecule has 1 saturated heterocycles. The van der Waals surface area contributed by atoms with Crippen LogP contribution in [0.3, 0.4) is 0 Å². The molecule has 2 atom stereocenters. The zero-order valence-corrected chi connectivity index (χ0v) is 16.3. The summed E-state index contributed by atoms with van der Waals surface area (Å²) in [7, 11) is 2.21. The quantitative estimate of drug-likeness (QED) is 0.775. The van der Waals surface area contributed by atoms with Crippen molar-refractivity contribution < 1.29 is 4.79 Å². The Labute approximate surface area is 158 Å². The fourth-order valence-corrected chi connectivity index (χ4v) is 7.46. The van der Waals surface area contributed by atoms with Crippen LogP contribution in [0.25, 0.3) is 0 Å². The van der Waals surface area contributed by atoms with Gasteiger partial charge in [0.05, 0.1) is 0 Å². The first kappa shape index (κ1) is 17.0. The number of hydrogen-bond acceptors (Lipinski definition) is 2. The number of carbonyl (C=O) groups is 1. The highest BCUT2D eigenvalue weighted by Crippen LogP contribution is 2.66. The second-order valence-corrected chi connectivity index (χ2v) is 10.3. The molecule has 0 radical (unpaired) electrons. The van der Waals surface area contributed by atoms with Crippen molar-refractivity contribution in [3.8, 4) is 0 Å². The number of piperidine rings is 1. The van der Waals surface area contributed by atoms with Gasteiger partial charge in [-0.2, -0.15) is 0 Å². The molecule has 1 aromatic rings. The Morgan fingerprint density at radius 1 is 1.04 bits per heavy atom. The molecule has 0 spiro atoms. The maximum Gasteiger partial charge on any atom is 0.139 e. The van der Waals surface area contributed by atoms with Crippen LogP contribution in [0.1, 0.15) is 63.4 Å². The van der Waals surface area contributed by atoms with Gasteiger partial charge in [-0.15, -0.1) is 0 Å². The third-order valence-corrected chi connectivity index (χ3v) is 8.35. The van der Waals surface area contributed by atoms with Crippen molar-refractivity contribution in [1.29, 1.82) is 0 Å². The van der Waals surface area contributed by atoms with Crippen LogP contribution in [0.15, 0.2) is 30.3 Å². The highest BCUT2D eigenvalue weighted by molar-refractivity contribution is 5.86. The third kappa shape index (κ3) is 2.76. The number of carbonyl (C=O) groups excluding carboxylic acids is 1. The highest BCUT2D eigenvalue weighted by Gasteiger charge is 2.60. The van der Waals surface area contributed by atoms with Crippen molar-refractivity contribution in [3.05, 3.63) is 35.9 Å². The van der Waals surface area contributed by atoms with Gasteiger partial charge in [-0.25, -0.2) is 0 Å². The maximum atomic E-state index is 13.6. The second-order valence-electron chi connectivity index (χ2n) is 10.3. The first-order valence-corrected chi connectivity index (χ1v) is 10.8. The normalized spacial score (nSPS) is 40.0. The molecule has 1 aliphatic heterocycles. The molecule has 2 heteroatoms. The first-order valence-electron chi connectivity index (χ1n) is 10.8. The zero-order chi connectivity index (χ0) is 17.8. The fraction of sp³-hybridized carbons (Fsp3) is 0.708. The monoisotopic (exact) mass is 351 g/mol. The van der Waals surface area contributed by atoms with E-state index in [1.165, 1.54) is 63.6 Å². The Balaban J connectivity index is 1.39. The van der Waals surface area contributed by atoms with Crippen LogP contribution >= 0.6 is 0 Å². The molecule has 2 unspecified atom stereocenters. The van der Waals surface area contributed by atoms with Crippen molar-refractivity contribution in [2.75, 3.05) is 20.1 Å². The lowest BCUT2D eigenvalue weighted by Crippen LogP contribution is -2.57. The van der Waals surface area contributed by atoms with Crippen LogP contribution < -0.4 is 0 Å². The molecule has 5 aliphatic rings. The summed E-state index contributed by atoms with van der Waals surface area (Å²) in [6, 6.07) is 11.2. The number of Topliss-reactive ketones (excluding diaryl/α,β-unsaturated/α-hetero) is 1. The molecule has 4 saturated carbocycles. The van der Waals surface area contributed by atoms with Crippen LogP contribution in [0.2, 0.25) is 0 Å². The molecule has 0 aromatic heterocycles. The first-order chi connectivity index (χ1) is 12.6. The molecule has 0 N–H and O–H groups in total. The van der Waals surface area contributed by atoms with E-state index in [1.807, 2.05) is 0 Å². The summed E-state index contributed by atoms with van der Waals surface area (Å²) in [6.07, 6.45) is 10.9.